The number of hydrogen-bond acceptors (Lipinski definition) is 5. The second-order valence-corrected chi connectivity index (χ2v) is 7.62. The van der Waals surface area contributed by atoms with Crippen molar-refractivity contribution in [2.24, 2.45) is 11.7 Å². The number of carbonyl (C=O) groups is 2. The molecule has 2 aliphatic rings. The number of primary amides is 1. The number of amides is 2. The number of nitrogens with zero attached hydrogens (tertiary/aromatic N) is 6. The first-order valence-electron chi connectivity index (χ1n) is 9.63. The summed E-state index contributed by atoms with van der Waals surface area (Å²) in [7, 11) is 1.77. The first-order valence-corrected chi connectivity index (χ1v) is 9.63. The quantitative estimate of drug-likeness (QED) is 0.719. The van der Waals surface area contributed by atoms with Crippen molar-refractivity contribution < 1.29 is 9.59 Å². The Balaban J connectivity index is 1.62. The molecule has 0 spiro atoms. The molecule has 0 fully saturated rings. The zero-order valence-electron chi connectivity index (χ0n) is 16.0. The van der Waals surface area contributed by atoms with Gasteiger partial charge in [0.05, 0.1) is 18.4 Å². The van der Waals surface area contributed by atoms with Crippen molar-refractivity contribution in [3.63, 3.8) is 0 Å². The molecule has 4 heterocycles. The van der Waals surface area contributed by atoms with Gasteiger partial charge in [-0.25, -0.2) is 9.36 Å². The fourth-order valence-corrected chi connectivity index (χ4v) is 4.80. The topological polar surface area (TPSA) is 112 Å². The van der Waals surface area contributed by atoms with E-state index in [4.69, 9.17) is 5.73 Å². The largest absolute Gasteiger partial charge is 0.364 e. The van der Waals surface area contributed by atoms with Gasteiger partial charge < -0.3 is 5.73 Å². The van der Waals surface area contributed by atoms with Gasteiger partial charge in [0, 0.05) is 37.4 Å². The highest BCUT2D eigenvalue weighted by Gasteiger charge is 2.47. The maximum absolute atomic E-state index is 13.5. The molecule has 2 aliphatic heterocycles. The Labute approximate surface area is 167 Å². The van der Waals surface area contributed by atoms with Crippen molar-refractivity contribution in [1.29, 1.82) is 0 Å². The minimum absolute atomic E-state index is 0.000233. The van der Waals surface area contributed by atoms with Crippen molar-refractivity contribution >= 4 is 17.6 Å². The van der Waals surface area contributed by atoms with E-state index in [2.05, 4.69) is 27.5 Å². The molecule has 2 amide bonds. The summed E-state index contributed by atoms with van der Waals surface area (Å²) in [4.78, 5) is 27.2. The number of anilines is 1. The van der Waals surface area contributed by atoms with Crippen molar-refractivity contribution in [2.45, 2.75) is 31.3 Å². The van der Waals surface area contributed by atoms with Gasteiger partial charge >= 0.3 is 0 Å². The summed E-state index contributed by atoms with van der Waals surface area (Å²) in [6.45, 7) is 1.18. The van der Waals surface area contributed by atoms with Crippen LogP contribution in [0.4, 0.5) is 5.82 Å². The van der Waals surface area contributed by atoms with Gasteiger partial charge in [-0.3, -0.25) is 14.5 Å². The molecule has 0 radical (unpaired) electrons. The Hall–Kier alpha value is -3.49. The molecule has 2 aromatic heterocycles. The van der Waals surface area contributed by atoms with E-state index in [1.165, 1.54) is 0 Å². The number of benzene rings is 1. The van der Waals surface area contributed by atoms with Crippen molar-refractivity contribution in [1.82, 2.24) is 24.8 Å². The number of hydrogen-bond donors (Lipinski definition) is 1. The average Bonchev–Trinajstić information content (AvgIpc) is 3.42. The standard InChI is InChI=1S/C20H21N7O2/c1-25-15-7-9-22-26(15)10-8-13(20(25)29)16-14(12-5-3-2-4-6-12)11-27-18(16)17(19(21)28)23-24-27/h2-7,9,13-14,16H,8,10-11H2,1H3,(H2,21,28)/t13-,14?,16?/m0/s1. The fraction of sp³-hybridized carbons (Fsp3) is 0.350. The van der Waals surface area contributed by atoms with Crippen LogP contribution in [-0.4, -0.2) is 43.6 Å². The van der Waals surface area contributed by atoms with Crippen molar-refractivity contribution in [3.05, 3.63) is 59.5 Å². The number of nitrogens with two attached hydrogens (primary N) is 1. The average molecular weight is 391 g/mol. The Kier molecular flexibility index (Phi) is 3.97. The van der Waals surface area contributed by atoms with Crippen LogP contribution in [0.25, 0.3) is 0 Å². The first-order chi connectivity index (χ1) is 14.1. The molecule has 0 bridgehead atoms. The molecule has 29 heavy (non-hydrogen) atoms. The minimum atomic E-state index is -0.618. The van der Waals surface area contributed by atoms with E-state index >= 15 is 0 Å². The molecule has 3 atom stereocenters. The van der Waals surface area contributed by atoms with E-state index in [1.54, 1.807) is 22.8 Å². The predicted octanol–water partition coefficient (Wildman–Crippen LogP) is 1.14. The number of rotatable bonds is 3. The van der Waals surface area contributed by atoms with Crippen LogP contribution in [-0.2, 0) is 17.9 Å². The highest BCUT2D eigenvalue weighted by molar-refractivity contribution is 5.96. The maximum Gasteiger partial charge on any atom is 0.271 e. The number of aromatic nitrogens is 5. The summed E-state index contributed by atoms with van der Waals surface area (Å²) >= 11 is 0. The van der Waals surface area contributed by atoms with Gasteiger partial charge in [0.1, 0.15) is 5.82 Å². The third kappa shape index (κ3) is 2.65. The van der Waals surface area contributed by atoms with E-state index in [9.17, 15) is 9.59 Å². The predicted molar refractivity (Wildman–Crippen MR) is 104 cm³/mol. The molecule has 2 N–H and O–H groups in total. The normalized spacial score (nSPS) is 23.6. The Morgan fingerprint density at radius 3 is 2.69 bits per heavy atom. The zero-order valence-corrected chi connectivity index (χ0v) is 16.0. The molecule has 1 aromatic carbocycles. The van der Waals surface area contributed by atoms with Crippen molar-refractivity contribution in [2.75, 3.05) is 11.9 Å². The molecule has 9 heteroatoms. The third-order valence-corrected chi connectivity index (χ3v) is 6.12. The van der Waals surface area contributed by atoms with Gasteiger partial charge in [0.25, 0.3) is 5.91 Å². The van der Waals surface area contributed by atoms with E-state index in [1.807, 2.05) is 28.9 Å². The van der Waals surface area contributed by atoms with Gasteiger partial charge in [0.15, 0.2) is 5.69 Å². The Morgan fingerprint density at radius 2 is 1.93 bits per heavy atom. The molecule has 0 saturated carbocycles. The van der Waals surface area contributed by atoms with Gasteiger partial charge in [-0.1, -0.05) is 35.5 Å². The molecular weight excluding hydrogens is 370 g/mol. The summed E-state index contributed by atoms with van der Waals surface area (Å²) in [6.07, 6.45) is 2.31. The number of fused-ring (bicyclic) bond motifs is 2. The van der Waals surface area contributed by atoms with Crippen LogP contribution in [0.1, 0.15) is 40.0 Å². The lowest BCUT2D eigenvalue weighted by atomic mass is 9.75. The van der Waals surface area contributed by atoms with Crippen LogP contribution in [0.2, 0.25) is 0 Å². The summed E-state index contributed by atoms with van der Waals surface area (Å²) < 4.78 is 3.58. The van der Waals surface area contributed by atoms with E-state index in [0.29, 0.717) is 25.2 Å². The monoisotopic (exact) mass is 391 g/mol. The second kappa shape index (κ2) is 6.54. The van der Waals surface area contributed by atoms with Crippen LogP contribution in [0.3, 0.4) is 0 Å². The molecule has 9 nitrogen and oxygen atoms in total. The summed E-state index contributed by atoms with van der Waals surface area (Å²) in [5.41, 5.74) is 7.52. The van der Waals surface area contributed by atoms with Gasteiger partial charge in [-0.2, -0.15) is 5.10 Å². The molecule has 3 aromatic rings. The Bertz CT molecular complexity index is 1090. The lowest BCUT2D eigenvalue weighted by Crippen LogP contribution is -2.36. The second-order valence-electron chi connectivity index (χ2n) is 7.62. The van der Waals surface area contributed by atoms with Gasteiger partial charge in [-0.05, 0) is 12.0 Å². The summed E-state index contributed by atoms with van der Waals surface area (Å²) in [5, 5.41) is 12.5. The van der Waals surface area contributed by atoms with Crippen LogP contribution < -0.4 is 10.6 Å². The Morgan fingerprint density at radius 1 is 1.14 bits per heavy atom. The van der Waals surface area contributed by atoms with Crippen LogP contribution >= 0.6 is 0 Å². The highest BCUT2D eigenvalue weighted by Crippen LogP contribution is 2.48. The molecule has 148 valence electrons. The molecule has 5 rings (SSSR count). The van der Waals surface area contributed by atoms with E-state index in [-0.39, 0.29) is 29.4 Å². The lowest BCUT2D eigenvalue weighted by Gasteiger charge is -2.28. The molecule has 0 saturated heterocycles. The van der Waals surface area contributed by atoms with Crippen LogP contribution in [0, 0.1) is 5.92 Å². The minimum Gasteiger partial charge on any atom is -0.364 e. The molecule has 2 unspecified atom stereocenters. The summed E-state index contributed by atoms with van der Waals surface area (Å²) in [5.74, 6) is -0.423. The first kappa shape index (κ1) is 17.6. The van der Waals surface area contributed by atoms with Gasteiger partial charge in [-0.15, -0.1) is 5.10 Å². The lowest BCUT2D eigenvalue weighted by molar-refractivity contribution is -0.123. The highest BCUT2D eigenvalue weighted by atomic mass is 16.2. The molecular formula is C20H21N7O2. The summed E-state index contributed by atoms with van der Waals surface area (Å²) in [6, 6.07) is 11.9. The third-order valence-electron chi connectivity index (χ3n) is 6.12. The van der Waals surface area contributed by atoms with E-state index in [0.717, 1.165) is 11.4 Å². The smallest absolute Gasteiger partial charge is 0.271 e. The van der Waals surface area contributed by atoms with E-state index < -0.39 is 5.91 Å². The van der Waals surface area contributed by atoms with Crippen molar-refractivity contribution in [3.8, 4) is 0 Å². The van der Waals surface area contributed by atoms with Crippen LogP contribution in [0.5, 0.6) is 0 Å². The SMILES string of the molecule is CN1C(=O)[C@H](C2c3c(C(N)=O)nnn3CC2c2ccccc2)CCn2nccc21. The maximum atomic E-state index is 13.5. The number of aryl methyl sites for hydroxylation is 1. The van der Waals surface area contributed by atoms with Crippen LogP contribution in [0.15, 0.2) is 42.6 Å². The zero-order chi connectivity index (χ0) is 20.1. The fourth-order valence-electron chi connectivity index (χ4n) is 4.80. The molecule has 0 aliphatic carbocycles. The van der Waals surface area contributed by atoms with Gasteiger partial charge in [0.2, 0.25) is 5.91 Å². The number of carbonyl (C=O) groups excluding carboxylic acids is 2.